The van der Waals surface area contributed by atoms with Crippen LogP contribution in [0.5, 0.6) is 11.8 Å². The van der Waals surface area contributed by atoms with E-state index in [0.717, 1.165) is 6.21 Å². The molecule has 0 saturated carbocycles. The summed E-state index contributed by atoms with van der Waals surface area (Å²) in [4.78, 5) is 15.0. The van der Waals surface area contributed by atoms with Crippen molar-refractivity contribution in [2.24, 2.45) is 5.16 Å². The Balaban J connectivity index is 2.12. The third kappa shape index (κ3) is 4.40. The third-order valence-electron chi connectivity index (χ3n) is 3.40. The molecule has 0 spiro atoms. The van der Waals surface area contributed by atoms with Gasteiger partial charge in [0.15, 0.2) is 0 Å². The molecule has 0 bridgehead atoms. The zero-order valence-electron chi connectivity index (χ0n) is 13.5. The number of aryl methyl sites for hydroxylation is 1. The highest BCUT2D eigenvalue weighted by Crippen LogP contribution is 2.34. The van der Waals surface area contributed by atoms with Gasteiger partial charge in [0.1, 0.15) is 5.75 Å². The Bertz CT molecular complexity index is 980. The van der Waals surface area contributed by atoms with E-state index in [1.165, 1.54) is 24.5 Å². The quantitative estimate of drug-likeness (QED) is 0.392. The summed E-state index contributed by atoms with van der Waals surface area (Å²) in [5.41, 5.74) is 0.150. The molecule has 3 rings (SSSR count). The summed E-state index contributed by atoms with van der Waals surface area (Å²) in [6.07, 6.45) is -0.644. The fraction of sp³-hybridized carbons (Fsp3) is 0.188. The summed E-state index contributed by atoms with van der Waals surface area (Å²) >= 11 is 5.73. The van der Waals surface area contributed by atoms with Gasteiger partial charge in [0.2, 0.25) is 5.82 Å². The number of benzene rings is 1. The molecule has 11 heteroatoms. The van der Waals surface area contributed by atoms with Gasteiger partial charge in [-0.25, -0.2) is 19.9 Å². The Labute approximate surface area is 155 Å². The van der Waals surface area contributed by atoms with Crippen LogP contribution in [-0.4, -0.2) is 31.4 Å². The van der Waals surface area contributed by atoms with Crippen molar-refractivity contribution >= 4 is 28.7 Å². The van der Waals surface area contributed by atoms with Gasteiger partial charge in [0.25, 0.3) is 0 Å². The van der Waals surface area contributed by atoms with E-state index in [1.807, 2.05) is 0 Å². The van der Waals surface area contributed by atoms with Gasteiger partial charge in [-0.15, -0.1) is 5.16 Å². The van der Waals surface area contributed by atoms with Crippen molar-refractivity contribution in [1.29, 1.82) is 0 Å². The lowest BCUT2D eigenvalue weighted by molar-refractivity contribution is -0.144. The molecule has 0 radical (unpaired) electrons. The molecule has 27 heavy (non-hydrogen) atoms. The fourth-order valence-corrected chi connectivity index (χ4v) is 2.43. The van der Waals surface area contributed by atoms with Crippen LogP contribution in [0.4, 0.5) is 13.2 Å². The van der Waals surface area contributed by atoms with Crippen LogP contribution in [0.1, 0.15) is 17.9 Å². The molecule has 0 saturated heterocycles. The molecule has 1 N–H and O–H groups in total. The summed E-state index contributed by atoms with van der Waals surface area (Å²) in [7, 11) is 0. The van der Waals surface area contributed by atoms with Crippen molar-refractivity contribution in [3.63, 3.8) is 0 Å². The number of nitrogens with zero attached hydrogens (tertiary/aromatic N) is 5. The van der Waals surface area contributed by atoms with E-state index >= 15 is 0 Å². The van der Waals surface area contributed by atoms with Gasteiger partial charge in [-0.05, 0) is 25.0 Å². The van der Waals surface area contributed by atoms with Crippen LogP contribution in [0.2, 0.25) is 5.02 Å². The summed E-state index contributed by atoms with van der Waals surface area (Å²) in [5, 5.41) is 12.0. The van der Waals surface area contributed by atoms with E-state index in [1.54, 1.807) is 6.07 Å². The lowest BCUT2D eigenvalue weighted by Crippen LogP contribution is -2.13. The molecule has 0 amide bonds. The van der Waals surface area contributed by atoms with Crippen molar-refractivity contribution in [2.75, 3.05) is 0 Å². The van der Waals surface area contributed by atoms with E-state index in [2.05, 4.69) is 25.1 Å². The number of alkyl halides is 3. The molecule has 0 aliphatic heterocycles. The van der Waals surface area contributed by atoms with E-state index in [0.29, 0.717) is 5.02 Å². The maximum Gasteiger partial charge on any atom is 0.451 e. The zero-order valence-corrected chi connectivity index (χ0v) is 14.2. The fourth-order valence-electron chi connectivity index (χ4n) is 2.33. The van der Waals surface area contributed by atoms with Crippen LogP contribution < -0.4 is 4.74 Å². The Kier molecular flexibility index (Phi) is 5.36. The zero-order chi connectivity index (χ0) is 19.4. The van der Waals surface area contributed by atoms with Crippen LogP contribution in [0, 0.1) is 0 Å². The average molecular weight is 398 g/mol. The van der Waals surface area contributed by atoms with E-state index in [9.17, 15) is 13.2 Å². The number of hydrogen-bond acceptors (Lipinski definition) is 7. The molecule has 7 nitrogen and oxygen atoms in total. The minimum absolute atomic E-state index is 0.0327. The van der Waals surface area contributed by atoms with Crippen molar-refractivity contribution < 1.29 is 23.1 Å². The van der Waals surface area contributed by atoms with Gasteiger partial charge in [-0.3, -0.25) is 0 Å². The van der Waals surface area contributed by atoms with Crippen molar-refractivity contribution in [2.45, 2.75) is 19.0 Å². The van der Waals surface area contributed by atoms with Gasteiger partial charge < -0.3 is 9.94 Å². The summed E-state index contributed by atoms with van der Waals surface area (Å²) in [5.74, 6) is -1.06. The Morgan fingerprint density at radius 3 is 2.59 bits per heavy atom. The Morgan fingerprint density at radius 1 is 1.19 bits per heavy atom. The predicted octanol–water partition coefficient (Wildman–Crippen LogP) is 4.28. The minimum Gasteiger partial charge on any atom is -0.424 e. The maximum absolute atomic E-state index is 13.1. The van der Waals surface area contributed by atoms with Gasteiger partial charge in [-0.1, -0.05) is 17.7 Å². The normalized spacial score (nSPS) is 12.0. The van der Waals surface area contributed by atoms with Crippen LogP contribution >= 0.6 is 11.6 Å². The van der Waals surface area contributed by atoms with Gasteiger partial charge >= 0.3 is 12.2 Å². The molecule has 0 fully saturated rings. The highest BCUT2D eigenvalue weighted by molar-refractivity contribution is 6.30. The summed E-state index contributed by atoms with van der Waals surface area (Å²) in [6.45, 7) is 0. The lowest BCUT2D eigenvalue weighted by atomic mass is 10.1. The van der Waals surface area contributed by atoms with E-state index in [4.69, 9.17) is 21.5 Å². The van der Waals surface area contributed by atoms with Crippen LogP contribution in [-0.2, 0) is 12.6 Å². The van der Waals surface area contributed by atoms with Gasteiger partial charge in [-0.2, -0.15) is 13.2 Å². The molecular formula is C16H11ClF3N5O2. The van der Waals surface area contributed by atoms with E-state index in [-0.39, 0.29) is 41.2 Å². The highest BCUT2D eigenvalue weighted by Gasteiger charge is 2.35. The molecular weight excluding hydrogens is 387 g/mol. The Hall–Kier alpha value is -3.01. The first kappa shape index (κ1) is 18.8. The first-order valence-corrected chi connectivity index (χ1v) is 7.94. The van der Waals surface area contributed by atoms with Gasteiger partial charge in [0.05, 0.1) is 34.0 Å². The predicted molar refractivity (Wildman–Crippen MR) is 90.3 cm³/mol. The van der Waals surface area contributed by atoms with Crippen molar-refractivity contribution in [1.82, 2.24) is 19.9 Å². The van der Waals surface area contributed by atoms with Crippen molar-refractivity contribution in [3.8, 4) is 11.8 Å². The standard InChI is InChI=1S/C16H11ClF3N5O2/c17-9-7-21-15(22-8-9)27-12-5-1-3-10-13(12)11(4-2-6-23-26)25-14(24-10)16(18,19)20/h1,3,5-8,26H,2,4H2. The second-order valence-electron chi connectivity index (χ2n) is 5.26. The van der Waals surface area contributed by atoms with Gasteiger partial charge in [0, 0.05) is 6.21 Å². The first-order chi connectivity index (χ1) is 12.9. The summed E-state index contributed by atoms with van der Waals surface area (Å²) < 4.78 is 44.9. The van der Waals surface area contributed by atoms with Crippen LogP contribution in [0.15, 0.2) is 35.7 Å². The smallest absolute Gasteiger partial charge is 0.424 e. The molecule has 0 aliphatic carbocycles. The topological polar surface area (TPSA) is 93.4 Å². The number of aromatic nitrogens is 4. The number of hydrogen-bond donors (Lipinski definition) is 1. The number of fused-ring (bicyclic) bond motifs is 1. The number of ether oxygens (including phenoxy) is 1. The summed E-state index contributed by atoms with van der Waals surface area (Å²) in [6, 6.07) is 4.43. The van der Waals surface area contributed by atoms with Crippen LogP contribution in [0.3, 0.4) is 0 Å². The lowest BCUT2D eigenvalue weighted by Gasteiger charge is -2.13. The first-order valence-electron chi connectivity index (χ1n) is 7.56. The monoisotopic (exact) mass is 397 g/mol. The largest absolute Gasteiger partial charge is 0.451 e. The minimum atomic E-state index is -4.70. The SMILES string of the molecule is ON=CCCc1nc(C(F)(F)F)nc2cccc(Oc3ncc(Cl)cn3)c12. The van der Waals surface area contributed by atoms with Crippen LogP contribution in [0.25, 0.3) is 10.9 Å². The maximum atomic E-state index is 13.1. The highest BCUT2D eigenvalue weighted by atomic mass is 35.5. The Morgan fingerprint density at radius 2 is 1.93 bits per heavy atom. The average Bonchev–Trinajstić information content (AvgIpc) is 2.63. The second-order valence-corrected chi connectivity index (χ2v) is 5.70. The number of oxime groups is 1. The molecule has 0 atom stereocenters. The van der Waals surface area contributed by atoms with Crippen molar-refractivity contribution in [3.05, 3.63) is 47.1 Å². The molecule has 0 aliphatic rings. The molecule has 140 valence electrons. The molecule has 3 aromatic rings. The number of halogens is 4. The molecule has 1 aromatic carbocycles. The molecule has 0 unspecified atom stereocenters. The number of rotatable bonds is 5. The molecule has 2 aromatic heterocycles. The molecule has 2 heterocycles. The third-order valence-corrected chi connectivity index (χ3v) is 3.60. The second kappa shape index (κ2) is 7.70. The van der Waals surface area contributed by atoms with E-state index < -0.39 is 12.0 Å².